The molecule has 4 aliphatic carbocycles. The van der Waals surface area contributed by atoms with Crippen LogP contribution in [0.25, 0.3) is 0 Å². The van der Waals surface area contributed by atoms with Gasteiger partial charge in [-0.1, -0.05) is 19.9 Å². The zero-order chi connectivity index (χ0) is 15.3. The number of ether oxygens (including phenoxy) is 2. The number of methoxy groups -OCH3 is 1. The summed E-state index contributed by atoms with van der Waals surface area (Å²) in [4.78, 5) is 12.5. The van der Waals surface area contributed by atoms with E-state index in [4.69, 9.17) is 9.47 Å². The van der Waals surface area contributed by atoms with Gasteiger partial charge in [0.2, 0.25) is 0 Å². The molecule has 0 aromatic rings. The Hall–Kier alpha value is -0.670. The highest BCUT2D eigenvalue weighted by molar-refractivity contribution is 5.86. The van der Waals surface area contributed by atoms with Crippen molar-refractivity contribution < 1.29 is 14.3 Å². The fraction of sp³-hybridized carbons (Fsp3) is 0.842. The van der Waals surface area contributed by atoms with Crippen molar-refractivity contribution in [3.63, 3.8) is 0 Å². The Labute approximate surface area is 132 Å². The summed E-state index contributed by atoms with van der Waals surface area (Å²) >= 11 is 0. The van der Waals surface area contributed by atoms with Crippen LogP contribution in [-0.4, -0.2) is 24.3 Å². The SMILES string of the molecule is COC12CC[C@@]3(C)[C@H](CC=C4C5CCC(=O)C5C(C)[C@@]43O1)C2. The van der Waals surface area contributed by atoms with Gasteiger partial charge in [0, 0.05) is 37.7 Å². The average molecular weight is 302 g/mol. The van der Waals surface area contributed by atoms with Crippen molar-refractivity contribution in [2.75, 3.05) is 7.11 Å². The van der Waals surface area contributed by atoms with Crippen LogP contribution in [0.4, 0.5) is 0 Å². The van der Waals surface area contributed by atoms with E-state index in [-0.39, 0.29) is 16.9 Å². The summed E-state index contributed by atoms with van der Waals surface area (Å²) < 4.78 is 12.8. The Balaban J connectivity index is 1.73. The van der Waals surface area contributed by atoms with Crippen molar-refractivity contribution in [2.24, 2.45) is 29.1 Å². The van der Waals surface area contributed by atoms with Crippen LogP contribution in [0.5, 0.6) is 0 Å². The summed E-state index contributed by atoms with van der Waals surface area (Å²) in [5.74, 6) is 1.62. The van der Waals surface area contributed by atoms with Crippen LogP contribution < -0.4 is 0 Å². The number of fused-ring (bicyclic) bond motifs is 3. The molecule has 0 N–H and O–H groups in total. The lowest BCUT2D eigenvalue weighted by Gasteiger charge is -2.68. The predicted molar refractivity (Wildman–Crippen MR) is 82.1 cm³/mol. The van der Waals surface area contributed by atoms with Crippen LogP contribution in [0.3, 0.4) is 0 Å². The number of hydrogen-bond acceptors (Lipinski definition) is 3. The van der Waals surface area contributed by atoms with E-state index in [1.54, 1.807) is 7.11 Å². The minimum Gasteiger partial charge on any atom is -0.353 e. The van der Waals surface area contributed by atoms with Crippen LogP contribution >= 0.6 is 0 Å². The van der Waals surface area contributed by atoms with Gasteiger partial charge >= 0.3 is 0 Å². The van der Waals surface area contributed by atoms with Crippen molar-refractivity contribution in [2.45, 2.75) is 63.8 Å². The topological polar surface area (TPSA) is 35.5 Å². The van der Waals surface area contributed by atoms with Gasteiger partial charge in [0.05, 0.1) is 0 Å². The standard InChI is InChI=1S/C19H26O3/c1-11-16-13(5-7-15(16)20)14-6-4-12-10-18(21-3)9-8-17(12,2)19(11,14)22-18/h6,11-13,16H,4-5,7-10H2,1-3H3/t11?,12-,13?,16?,17+,18?,19-/m1/s1. The van der Waals surface area contributed by atoms with Gasteiger partial charge in [-0.2, -0.15) is 0 Å². The third-order valence-electron chi connectivity index (χ3n) is 8.19. The minimum atomic E-state index is -0.405. The molecule has 6 rings (SSSR count). The number of hydrogen-bond donors (Lipinski definition) is 0. The normalized spacial score (nSPS) is 58.5. The molecule has 120 valence electrons. The van der Waals surface area contributed by atoms with Crippen molar-refractivity contribution >= 4 is 5.78 Å². The van der Waals surface area contributed by atoms with Crippen LogP contribution in [0.15, 0.2) is 11.6 Å². The molecule has 0 aromatic heterocycles. The molecule has 4 bridgehead atoms. The summed E-state index contributed by atoms with van der Waals surface area (Å²) in [7, 11) is 1.80. The lowest BCUT2D eigenvalue weighted by atomic mass is 9.48. The molecule has 2 heterocycles. The first-order chi connectivity index (χ1) is 10.5. The number of allylic oxidation sites excluding steroid dienone is 1. The highest BCUT2D eigenvalue weighted by atomic mass is 16.7. The fourth-order valence-corrected chi connectivity index (χ4v) is 7.13. The van der Waals surface area contributed by atoms with Crippen molar-refractivity contribution in [1.82, 2.24) is 0 Å². The maximum absolute atomic E-state index is 12.5. The van der Waals surface area contributed by atoms with Crippen LogP contribution in [0.2, 0.25) is 0 Å². The van der Waals surface area contributed by atoms with E-state index in [1.807, 2.05) is 0 Å². The van der Waals surface area contributed by atoms with Gasteiger partial charge in [-0.3, -0.25) is 4.79 Å². The smallest absolute Gasteiger partial charge is 0.169 e. The Bertz CT molecular complexity index is 595. The van der Waals surface area contributed by atoms with Gasteiger partial charge < -0.3 is 9.47 Å². The van der Waals surface area contributed by atoms with Crippen molar-refractivity contribution in [3.05, 3.63) is 11.6 Å². The summed E-state index contributed by atoms with van der Waals surface area (Å²) in [5, 5.41) is 0. The van der Waals surface area contributed by atoms with E-state index in [9.17, 15) is 4.79 Å². The predicted octanol–water partition coefficient (Wildman–Crippen LogP) is 3.48. The van der Waals surface area contributed by atoms with E-state index in [0.29, 0.717) is 23.5 Å². The molecule has 1 spiro atoms. The first kappa shape index (κ1) is 13.7. The van der Waals surface area contributed by atoms with E-state index < -0.39 is 5.79 Å². The lowest BCUT2D eigenvalue weighted by molar-refractivity contribution is -0.386. The Morgan fingerprint density at radius 3 is 2.95 bits per heavy atom. The molecular weight excluding hydrogens is 276 g/mol. The second kappa shape index (κ2) is 3.87. The highest BCUT2D eigenvalue weighted by Gasteiger charge is 2.75. The molecule has 6 aliphatic rings. The molecule has 0 radical (unpaired) electrons. The van der Waals surface area contributed by atoms with E-state index >= 15 is 0 Å². The third-order valence-corrected chi connectivity index (χ3v) is 8.19. The monoisotopic (exact) mass is 302 g/mol. The summed E-state index contributed by atoms with van der Waals surface area (Å²) in [6, 6.07) is 0. The molecule has 4 unspecified atom stereocenters. The minimum absolute atomic E-state index is 0.182. The van der Waals surface area contributed by atoms with Crippen LogP contribution in [0, 0.1) is 29.1 Å². The first-order valence-corrected chi connectivity index (χ1v) is 8.96. The molecule has 0 aromatic carbocycles. The van der Waals surface area contributed by atoms with Crippen LogP contribution in [-0.2, 0) is 14.3 Å². The van der Waals surface area contributed by atoms with Crippen molar-refractivity contribution in [1.29, 1.82) is 0 Å². The maximum atomic E-state index is 12.5. The number of carbonyl (C=O) groups excluding carboxylic acids is 1. The Kier molecular flexibility index (Phi) is 2.41. The van der Waals surface area contributed by atoms with E-state index in [1.165, 1.54) is 12.0 Å². The molecule has 2 saturated heterocycles. The quantitative estimate of drug-likeness (QED) is 0.696. The third kappa shape index (κ3) is 1.21. The molecule has 22 heavy (non-hydrogen) atoms. The molecular formula is C19H26O3. The number of rotatable bonds is 1. The Morgan fingerprint density at radius 1 is 1.36 bits per heavy atom. The van der Waals surface area contributed by atoms with Crippen molar-refractivity contribution in [3.8, 4) is 0 Å². The average Bonchev–Trinajstić information content (AvgIpc) is 2.97. The highest BCUT2D eigenvalue weighted by Crippen LogP contribution is 2.73. The molecule has 3 nitrogen and oxygen atoms in total. The van der Waals surface area contributed by atoms with E-state index in [2.05, 4.69) is 19.9 Å². The summed E-state index contributed by atoms with van der Waals surface area (Å²) in [6.07, 6.45) is 8.58. The van der Waals surface area contributed by atoms with Gasteiger partial charge in [0.25, 0.3) is 0 Å². The zero-order valence-corrected chi connectivity index (χ0v) is 13.9. The van der Waals surface area contributed by atoms with Gasteiger partial charge in [-0.25, -0.2) is 0 Å². The Morgan fingerprint density at radius 2 is 2.18 bits per heavy atom. The molecule has 2 aliphatic heterocycles. The van der Waals surface area contributed by atoms with Gasteiger partial charge in [0.15, 0.2) is 5.79 Å². The maximum Gasteiger partial charge on any atom is 0.169 e. The van der Waals surface area contributed by atoms with E-state index in [0.717, 1.165) is 32.1 Å². The molecule has 5 fully saturated rings. The molecule has 3 saturated carbocycles. The number of Topliss-reactive ketones (excluding diaryl/α,β-unsaturated/α-hetero) is 1. The second-order valence-electron chi connectivity index (χ2n) is 8.59. The molecule has 0 amide bonds. The fourth-order valence-electron chi connectivity index (χ4n) is 7.13. The van der Waals surface area contributed by atoms with Gasteiger partial charge in [-0.15, -0.1) is 0 Å². The summed E-state index contributed by atoms with van der Waals surface area (Å²) in [6.45, 7) is 4.71. The molecule has 3 heteroatoms. The zero-order valence-electron chi connectivity index (χ0n) is 13.9. The first-order valence-electron chi connectivity index (χ1n) is 8.96. The largest absolute Gasteiger partial charge is 0.353 e. The lowest BCUT2D eigenvalue weighted by Crippen LogP contribution is -2.70. The van der Waals surface area contributed by atoms with Gasteiger partial charge in [-0.05, 0) is 42.6 Å². The number of carbonyl (C=O) groups is 1. The number of ketones is 1. The van der Waals surface area contributed by atoms with Crippen LogP contribution in [0.1, 0.15) is 52.4 Å². The molecule has 7 atom stereocenters. The van der Waals surface area contributed by atoms with Gasteiger partial charge in [0.1, 0.15) is 11.4 Å². The summed E-state index contributed by atoms with van der Waals surface area (Å²) in [5.41, 5.74) is 1.41. The second-order valence-corrected chi connectivity index (χ2v) is 8.59.